The molecule has 0 bridgehead atoms. The summed E-state index contributed by atoms with van der Waals surface area (Å²) in [5.74, 6) is -0.0365. The van der Waals surface area contributed by atoms with E-state index in [9.17, 15) is 9.59 Å². The Labute approximate surface area is 223 Å². The normalized spacial score (nSPS) is 14.0. The number of furan rings is 1. The number of rotatable bonds is 8. The van der Waals surface area contributed by atoms with Crippen LogP contribution in [0.15, 0.2) is 40.1 Å². The van der Waals surface area contributed by atoms with Crippen molar-refractivity contribution in [2.45, 2.75) is 6.42 Å². The van der Waals surface area contributed by atoms with Crippen LogP contribution in [0.2, 0.25) is 0 Å². The van der Waals surface area contributed by atoms with E-state index in [0.29, 0.717) is 60.6 Å². The number of aromatic nitrogens is 4. The van der Waals surface area contributed by atoms with Crippen LogP contribution in [0, 0.1) is 0 Å². The zero-order chi connectivity index (χ0) is 26.2. The van der Waals surface area contributed by atoms with Crippen LogP contribution >= 0.6 is 22.7 Å². The molecule has 196 valence electrons. The molecule has 0 aliphatic carbocycles. The highest BCUT2D eigenvalue weighted by Gasteiger charge is 2.22. The van der Waals surface area contributed by atoms with Gasteiger partial charge in [0.15, 0.2) is 11.2 Å². The van der Waals surface area contributed by atoms with Gasteiger partial charge in [-0.2, -0.15) is 0 Å². The number of hydrogen-bond donors (Lipinski definition) is 3. The maximum absolute atomic E-state index is 12.8. The largest absolute Gasteiger partial charge is 0.459 e. The summed E-state index contributed by atoms with van der Waals surface area (Å²) in [7, 11) is 0. The van der Waals surface area contributed by atoms with Crippen LogP contribution in [0.5, 0.6) is 0 Å². The Morgan fingerprint density at radius 3 is 2.87 bits per heavy atom. The minimum absolute atomic E-state index is 0.158. The molecule has 5 aromatic rings. The summed E-state index contributed by atoms with van der Waals surface area (Å²) in [6.07, 6.45) is 7.00. The van der Waals surface area contributed by atoms with Crippen LogP contribution in [-0.2, 0) is 11.2 Å². The monoisotopic (exact) mass is 553 g/mol. The summed E-state index contributed by atoms with van der Waals surface area (Å²) in [5, 5.41) is 4.83. The number of carbonyl (C=O) groups is 1. The molecule has 0 radical (unpaired) electrons. The fourth-order valence-electron chi connectivity index (χ4n) is 4.43. The van der Waals surface area contributed by atoms with Gasteiger partial charge in [-0.15, -0.1) is 22.7 Å². The van der Waals surface area contributed by atoms with Gasteiger partial charge in [0.2, 0.25) is 11.4 Å². The van der Waals surface area contributed by atoms with E-state index in [0.717, 1.165) is 33.2 Å². The number of primary amides is 1. The molecule has 1 aliphatic rings. The first-order chi connectivity index (χ1) is 18.5. The molecule has 5 aromatic heterocycles. The van der Waals surface area contributed by atoms with Crippen LogP contribution in [0.3, 0.4) is 0 Å². The number of hydrogen-bond acceptors (Lipinski definition) is 11. The Morgan fingerprint density at radius 2 is 2.08 bits per heavy atom. The fraction of sp³-hybridized carbons (Fsp3) is 0.292. The Balaban J connectivity index is 1.36. The van der Waals surface area contributed by atoms with Gasteiger partial charge in [0.25, 0.3) is 5.91 Å². The van der Waals surface area contributed by atoms with Gasteiger partial charge in [-0.1, -0.05) is 0 Å². The van der Waals surface area contributed by atoms with E-state index < -0.39 is 5.91 Å². The predicted octanol–water partition coefficient (Wildman–Crippen LogP) is 1.20. The number of fused-ring (bicyclic) bond motifs is 2. The molecule has 0 spiro atoms. The molecule has 0 saturated carbocycles. The average Bonchev–Trinajstić information content (AvgIpc) is 3.67. The van der Waals surface area contributed by atoms with Crippen LogP contribution in [0.4, 0.5) is 10.9 Å². The molecular weight excluding hydrogens is 528 g/mol. The predicted molar refractivity (Wildman–Crippen MR) is 145 cm³/mol. The molecule has 0 atom stereocenters. The number of morpholine rings is 1. The van der Waals surface area contributed by atoms with Crippen LogP contribution in [0.25, 0.3) is 26.5 Å². The molecule has 1 saturated heterocycles. The van der Waals surface area contributed by atoms with Gasteiger partial charge < -0.3 is 30.8 Å². The number of ether oxygens (including phenoxy) is 1. The van der Waals surface area contributed by atoms with Gasteiger partial charge in [0.1, 0.15) is 16.8 Å². The molecule has 0 aromatic carbocycles. The lowest BCUT2D eigenvalue weighted by atomic mass is 10.1. The van der Waals surface area contributed by atoms with E-state index in [1.807, 2.05) is 0 Å². The van der Waals surface area contributed by atoms with E-state index in [4.69, 9.17) is 19.9 Å². The number of quaternary nitrogens is 1. The van der Waals surface area contributed by atoms with Crippen molar-refractivity contribution in [3.8, 4) is 10.6 Å². The number of amides is 1. The maximum Gasteiger partial charge on any atom is 0.254 e. The van der Waals surface area contributed by atoms with E-state index in [2.05, 4.69) is 25.9 Å². The van der Waals surface area contributed by atoms with E-state index in [1.54, 1.807) is 35.3 Å². The van der Waals surface area contributed by atoms with Crippen LogP contribution < -0.4 is 27.1 Å². The standard InChI is InChI=1S/C24H24N8O4S2/c25-1-2-28-24-30-15(18(21(26)34)22-27-3-4-32(22)24)9-13-11-29-23(37-13)14-12-36-19-16(33)10-17(38-20(14)19)31-5-7-35-8-6-31/h3-4,10-12H,1-2,5-9,25H2,(H2,26,34)(H,28,30)/p+1. The number of nitrogens with one attached hydrogen (secondary N) is 1. The molecule has 1 amide bonds. The Bertz CT molecular complexity index is 1700. The van der Waals surface area contributed by atoms with Gasteiger partial charge in [-0.05, 0) is 0 Å². The van der Waals surface area contributed by atoms with Gasteiger partial charge in [-0.3, -0.25) is 14.0 Å². The second-order valence-corrected chi connectivity index (χ2v) is 10.8. The SMILES string of the molecule is NC(=O)c1c(Cc2cnc(-c3coc4c(=O)cc(N5CCOCC5)sc34)s2)nc(NCC[NH3+])n2ccnc12. The second-order valence-electron chi connectivity index (χ2n) is 8.69. The van der Waals surface area contributed by atoms with Crippen molar-refractivity contribution in [3.63, 3.8) is 0 Å². The van der Waals surface area contributed by atoms with Gasteiger partial charge in [0, 0.05) is 49.0 Å². The summed E-state index contributed by atoms with van der Waals surface area (Å²) in [6, 6.07) is 1.63. The molecule has 12 nitrogen and oxygen atoms in total. The third-order valence-corrected chi connectivity index (χ3v) is 8.43. The van der Waals surface area contributed by atoms with Crippen molar-refractivity contribution in [3.05, 3.63) is 57.3 Å². The number of anilines is 2. The van der Waals surface area contributed by atoms with Gasteiger partial charge in [0.05, 0.1) is 47.3 Å². The first kappa shape index (κ1) is 24.5. The number of carbonyl (C=O) groups excluding carboxylic acids is 1. The fourth-order valence-corrected chi connectivity index (χ4v) is 6.60. The molecule has 1 fully saturated rings. The number of imidazole rings is 1. The Morgan fingerprint density at radius 1 is 1.24 bits per heavy atom. The zero-order valence-corrected chi connectivity index (χ0v) is 21.9. The summed E-state index contributed by atoms with van der Waals surface area (Å²) >= 11 is 2.96. The zero-order valence-electron chi connectivity index (χ0n) is 20.3. The topological polar surface area (TPSA) is 169 Å². The average molecular weight is 554 g/mol. The Hall–Kier alpha value is -3.85. The molecule has 14 heteroatoms. The minimum atomic E-state index is -0.599. The van der Waals surface area contributed by atoms with Gasteiger partial charge in [-0.25, -0.2) is 15.0 Å². The molecular formula is C24H25N8O4S2+. The highest BCUT2D eigenvalue weighted by Crippen LogP contribution is 2.38. The van der Waals surface area contributed by atoms with Crippen molar-refractivity contribution < 1.29 is 19.7 Å². The molecule has 6 heterocycles. The number of nitrogens with two attached hydrogens (primary N) is 1. The van der Waals surface area contributed by atoms with E-state index in [1.165, 1.54) is 22.7 Å². The molecule has 0 unspecified atom stereocenters. The summed E-state index contributed by atoms with van der Waals surface area (Å²) in [4.78, 5) is 41.9. The lowest BCUT2D eigenvalue weighted by Crippen LogP contribution is -2.53. The third-order valence-electron chi connectivity index (χ3n) is 6.21. The van der Waals surface area contributed by atoms with Crippen molar-refractivity contribution in [1.82, 2.24) is 19.4 Å². The van der Waals surface area contributed by atoms with Gasteiger partial charge >= 0.3 is 0 Å². The van der Waals surface area contributed by atoms with Crippen molar-refractivity contribution in [2.75, 3.05) is 49.6 Å². The molecule has 6 rings (SSSR count). The highest BCUT2D eigenvalue weighted by atomic mass is 32.1. The molecule has 1 aliphatic heterocycles. The first-order valence-electron chi connectivity index (χ1n) is 12.1. The quantitative estimate of drug-likeness (QED) is 0.256. The summed E-state index contributed by atoms with van der Waals surface area (Å²) < 4.78 is 13.6. The van der Waals surface area contributed by atoms with Crippen molar-refractivity contribution >= 4 is 55.5 Å². The van der Waals surface area contributed by atoms with E-state index in [-0.39, 0.29) is 11.0 Å². The Kier molecular flexibility index (Phi) is 6.53. The second kappa shape index (κ2) is 10.1. The molecule has 38 heavy (non-hydrogen) atoms. The van der Waals surface area contributed by atoms with Crippen LogP contribution in [-0.4, -0.2) is 64.7 Å². The third kappa shape index (κ3) is 4.41. The van der Waals surface area contributed by atoms with Crippen molar-refractivity contribution in [2.24, 2.45) is 5.73 Å². The smallest absolute Gasteiger partial charge is 0.254 e. The lowest BCUT2D eigenvalue weighted by Gasteiger charge is -2.27. The highest BCUT2D eigenvalue weighted by molar-refractivity contribution is 7.23. The maximum atomic E-state index is 12.8. The first-order valence-corrected chi connectivity index (χ1v) is 13.7. The number of nitrogens with zero attached hydrogens (tertiary/aromatic N) is 5. The number of thiazole rings is 1. The van der Waals surface area contributed by atoms with Crippen molar-refractivity contribution in [1.29, 1.82) is 0 Å². The minimum Gasteiger partial charge on any atom is -0.459 e. The van der Waals surface area contributed by atoms with E-state index >= 15 is 0 Å². The van der Waals surface area contributed by atoms with Crippen LogP contribution in [0.1, 0.15) is 20.9 Å². The summed E-state index contributed by atoms with van der Waals surface area (Å²) in [6.45, 7) is 4.01. The summed E-state index contributed by atoms with van der Waals surface area (Å²) in [5.41, 5.74) is 11.8. The molecule has 6 N–H and O–H groups in total. The lowest BCUT2D eigenvalue weighted by molar-refractivity contribution is -0.362.